The monoisotopic (exact) mass is 208 g/mol. The number of carbonyl (C=O) groups excluding carboxylic acids is 2. The van der Waals surface area contributed by atoms with Crippen LogP contribution in [0.25, 0.3) is 0 Å². The van der Waals surface area contributed by atoms with Crippen LogP contribution in [0, 0.1) is 17.8 Å². The lowest BCUT2D eigenvalue weighted by atomic mass is 9.88. The Kier molecular flexibility index (Phi) is 1.69. The first-order valence-corrected chi connectivity index (χ1v) is 5.24. The van der Waals surface area contributed by atoms with Crippen molar-refractivity contribution in [2.24, 2.45) is 17.8 Å². The second-order valence-corrected chi connectivity index (χ2v) is 4.51. The first kappa shape index (κ1) is 8.95. The minimum atomic E-state index is -0.424. The summed E-state index contributed by atoms with van der Waals surface area (Å²) in [4.78, 5) is 22.5. The first-order valence-electron chi connectivity index (χ1n) is 5.24. The van der Waals surface area contributed by atoms with E-state index >= 15 is 0 Å². The molecule has 1 heterocycles. The molecule has 4 heteroatoms. The van der Waals surface area contributed by atoms with E-state index in [1.165, 1.54) is 0 Å². The van der Waals surface area contributed by atoms with Gasteiger partial charge in [0, 0.05) is 17.9 Å². The zero-order chi connectivity index (χ0) is 10.6. The third kappa shape index (κ3) is 1.07. The standard InChI is InChI=1S/C11H12O4/c1-2-8(12)14-9-5-3-6-7(4-5)11(13)15-10(6)9/h2,5-7,9-10H,1,3-4H2/t5-,6+,7-,9-,10-/m0/s1. The topological polar surface area (TPSA) is 52.6 Å². The average Bonchev–Trinajstić information content (AvgIpc) is 2.81. The average molecular weight is 208 g/mol. The quantitative estimate of drug-likeness (QED) is 0.494. The number of fused-ring (bicyclic) bond motifs is 1. The molecule has 0 amide bonds. The van der Waals surface area contributed by atoms with E-state index in [2.05, 4.69) is 6.58 Å². The van der Waals surface area contributed by atoms with Gasteiger partial charge in [-0.15, -0.1) is 0 Å². The fourth-order valence-electron chi connectivity index (χ4n) is 3.25. The van der Waals surface area contributed by atoms with E-state index in [-0.39, 0.29) is 30.0 Å². The van der Waals surface area contributed by atoms with E-state index < -0.39 is 5.97 Å². The van der Waals surface area contributed by atoms with Crippen LogP contribution >= 0.6 is 0 Å². The third-order valence-corrected chi connectivity index (χ3v) is 3.83. The van der Waals surface area contributed by atoms with Crippen molar-refractivity contribution < 1.29 is 19.1 Å². The normalized spacial score (nSPS) is 45.3. The molecule has 0 spiro atoms. The number of ether oxygens (including phenoxy) is 2. The fraction of sp³-hybridized carbons (Fsp3) is 0.636. The molecule has 3 aliphatic rings. The number of rotatable bonds is 2. The largest absolute Gasteiger partial charge is 0.458 e. The molecule has 2 saturated carbocycles. The van der Waals surface area contributed by atoms with Crippen molar-refractivity contribution in [3.05, 3.63) is 12.7 Å². The minimum Gasteiger partial charge on any atom is -0.458 e. The zero-order valence-electron chi connectivity index (χ0n) is 8.22. The molecule has 4 nitrogen and oxygen atoms in total. The van der Waals surface area contributed by atoms with Crippen LogP contribution in [0.15, 0.2) is 12.7 Å². The van der Waals surface area contributed by atoms with Gasteiger partial charge < -0.3 is 9.47 Å². The highest BCUT2D eigenvalue weighted by Crippen LogP contribution is 2.55. The van der Waals surface area contributed by atoms with Crippen LogP contribution in [0.4, 0.5) is 0 Å². The highest BCUT2D eigenvalue weighted by molar-refractivity contribution is 5.82. The maximum Gasteiger partial charge on any atom is 0.330 e. The molecule has 0 aromatic heterocycles. The number of carbonyl (C=O) groups is 2. The Labute approximate surface area is 87.2 Å². The summed E-state index contributed by atoms with van der Waals surface area (Å²) in [7, 11) is 0. The summed E-state index contributed by atoms with van der Waals surface area (Å²) in [5.74, 6) is 0.126. The van der Waals surface area contributed by atoms with E-state index in [0.29, 0.717) is 5.92 Å². The third-order valence-electron chi connectivity index (χ3n) is 3.83. The van der Waals surface area contributed by atoms with Gasteiger partial charge in [0.05, 0.1) is 5.92 Å². The molecule has 0 radical (unpaired) electrons. The van der Waals surface area contributed by atoms with Crippen LogP contribution in [-0.2, 0) is 19.1 Å². The summed E-state index contributed by atoms with van der Waals surface area (Å²) >= 11 is 0. The van der Waals surface area contributed by atoms with Crippen molar-refractivity contribution in [2.45, 2.75) is 25.0 Å². The zero-order valence-corrected chi connectivity index (χ0v) is 8.22. The van der Waals surface area contributed by atoms with Crippen molar-refractivity contribution in [1.29, 1.82) is 0 Å². The van der Waals surface area contributed by atoms with Crippen molar-refractivity contribution >= 4 is 11.9 Å². The SMILES string of the molecule is C=CC(=O)O[C@H]1[C@H]2C[C@H]3[C@@H]1OC(=O)[C@H]3C2. The number of hydrogen-bond donors (Lipinski definition) is 0. The molecule has 2 aliphatic carbocycles. The van der Waals surface area contributed by atoms with Crippen LogP contribution < -0.4 is 0 Å². The maximum absolute atomic E-state index is 11.4. The van der Waals surface area contributed by atoms with Gasteiger partial charge in [-0.2, -0.15) is 0 Å². The van der Waals surface area contributed by atoms with Crippen LogP contribution in [0.2, 0.25) is 0 Å². The molecule has 3 rings (SSSR count). The molecule has 0 aromatic rings. The Balaban J connectivity index is 1.80. The van der Waals surface area contributed by atoms with Crippen molar-refractivity contribution in [3.8, 4) is 0 Å². The Morgan fingerprint density at radius 3 is 3.07 bits per heavy atom. The second-order valence-electron chi connectivity index (χ2n) is 4.51. The molecule has 15 heavy (non-hydrogen) atoms. The summed E-state index contributed by atoms with van der Waals surface area (Å²) in [6.07, 6.45) is 2.50. The Morgan fingerprint density at radius 1 is 1.53 bits per heavy atom. The maximum atomic E-state index is 11.4. The molecular weight excluding hydrogens is 196 g/mol. The van der Waals surface area contributed by atoms with Gasteiger partial charge in [-0.05, 0) is 12.8 Å². The molecular formula is C11H12O4. The highest BCUT2D eigenvalue weighted by Gasteiger charge is 2.63. The predicted molar refractivity (Wildman–Crippen MR) is 49.7 cm³/mol. The predicted octanol–water partition coefficient (Wildman–Crippen LogP) is 0.666. The van der Waals surface area contributed by atoms with Crippen molar-refractivity contribution in [3.63, 3.8) is 0 Å². The molecule has 2 bridgehead atoms. The molecule has 0 unspecified atom stereocenters. The lowest BCUT2D eigenvalue weighted by molar-refractivity contribution is -0.157. The van der Waals surface area contributed by atoms with E-state index in [1.807, 2.05) is 0 Å². The van der Waals surface area contributed by atoms with Crippen molar-refractivity contribution in [2.75, 3.05) is 0 Å². The lowest BCUT2D eigenvalue weighted by Crippen LogP contribution is -2.35. The van der Waals surface area contributed by atoms with E-state index in [9.17, 15) is 9.59 Å². The molecule has 1 saturated heterocycles. The molecule has 80 valence electrons. The van der Waals surface area contributed by atoms with Gasteiger partial charge in [-0.25, -0.2) is 4.79 Å². The van der Waals surface area contributed by atoms with Crippen LogP contribution in [0.3, 0.4) is 0 Å². The summed E-state index contributed by atoms with van der Waals surface area (Å²) in [5, 5.41) is 0. The van der Waals surface area contributed by atoms with Gasteiger partial charge >= 0.3 is 11.9 Å². The van der Waals surface area contributed by atoms with Gasteiger partial charge in [0.15, 0.2) is 0 Å². The summed E-state index contributed by atoms with van der Waals surface area (Å²) in [6.45, 7) is 3.36. The highest BCUT2D eigenvalue weighted by atomic mass is 16.6. The van der Waals surface area contributed by atoms with Crippen LogP contribution in [0.1, 0.15) is 12.8 Å². The van der Waals surface area contributed by atoms with Gasteiger partial charge in [-0.1, -0.05) is 6.58 Å². The molecule has 5 atom stereocenters. The molecule has 0 aromatic carbocycles. The van der Waals surface area contributed by atoms with Gasteiger partial charge in [0.1, 0.15) is 12.2 Å². The Bertz CT molecular complexity index is 348. The smallest absolute Gasteiger partial charge is 0.330 e. The lowest BCUT2D eigenvalue weighted by Gasteiger charge is -2.24. The summed E-state index contributed by atoms with van der Waals surface area (Å²) in [5.41, 5.74) is 0. The van der Waals surface area contributed by atoms with E-state index in [1.54, 1.807) is 0 Å². The minimum absolute atomic E-state index is 0.0682. The summed E-state index contributed by atoms with van der Waals surface area (Å²) in [6, 6.07) is 0. The van der Waals surface area contributed by atoms with Crippen molar-refractivity contribution in [1.82, 2.24) is 0 Å². The summed E-state index contributed by atoms with van der Waals surface area (Å²) < 4.78 is 10.5. The Hall–Kier alpha value is -1.32. The van der Waals surface area contributed by atoms with Crippen LogP contribution in [0.5, 0.6) is 0 Å². The molecule has 3 fully saturated rings. The molecule has 0 N–H and O–H groups in total. The number of esters is 2. The van der Waals surface area contributed by atoms with E-state index in [0.717, 1.165) is 18.9 Å². The number of hydrogen-bond acceptors (Lipinski definition) is 4. The second kappa shape index (κ2) is 2.84. The molecule has 1 aliphatic heterocycles. The van der Waals surface area contributed by atoms with E-state index in [4.69, 9.17) is 9.47 Å². The van der Waals surface area contributed by atoms with Gasteiger partial charge in [-0.3, -0.25) is 4.79 Å². The van der Waals surface area contributed by atoms with Crippen LogP contribution in [-0.4, -0.2) is 24.1 Å². The van der Waals surface area contributed by atoms with Gasteiger partial charge in [0.25, 0.3) is 0 Å². The first-order chi connectivity index (χ1) is 7.20. The van der Waals surface area contributed by atoms with Gasteiger partial charge in [0.2, 0.25) is 0 Å². The fourth-order valence-corrected chi connectivity index (χ4v) is 3.25. The Morgan fingerprint density at radius 2 is 2.33 bits per heavy atom.